The van der Waals surface area contributed by atoms with Crippen LogP contribution in [0.1, 0.15) is 66.2 Å². The van der Waals surface area contributed by atoms with Crippen molar-refractivity contribution in [1.82, 2.24) is 14.9 Å². The quantitative estimate of drug-likeness (QED) is 0.711. The first-order valence-corrected chi connectivity index (χ1v) is 11.5. The van der Waals surface area contributed by atoms with Crippen molar-refractivity contribution in [2.24, 2.45) is 0 Å². The van der Waals surface area contributed by atoms with Gasteiger partial charge in [0.1, 0.15) is 17.5 Å². The summed E-state index contributed by atoms with van der Waals surface area (Å²) in [4.78, 5) is 38.1. The summed E-state index contributed by atoms with van der Waals surface area (Å²) in [5.74, 6) is 1.58. The minimum atomic E-state index is -0.195. The van der Waals surface area contributed by atoms with Gasteiger partial charge in [-0.3, -0.25) is 14.5 Å². The second-order valence-electron chi connectivity index (χ2n) is 9.04. The number of aryl methyl sites for hydroxylation is 3. The molecular formula is C25H31FN4O2. The van der Waals surface area contributed by atoms with Crippen LogP contribution in [0.4, 0.5) is 10.2 Å². The van der Waals surface area contributed by atoms with Crippen LogP contribution in [-0.2, 0) is 22.4 Å². The average molecular weight is 439 g/mol. The Bertz CT molecular complexity index is 1040. The molecule has 0 unspecified atom stereocenters. The van der Waals surface area contributed by atoms with Gasteiger partial charge in [-0.1, -0.05) is 12.1 Å². The molecule has 170 valence electrons. The standard InChI is InChI=1S/C25H31FN4O2/c1-16-14-18(9-11-21(16)26)6-4-8-23(32)30-13-5-7-19(15-30)24-27-17(2)20-10-12-22(31)29(3)25(20)28-24/h9,11,14,19H,4-8,10,12-13,15H2,1-3H3/t19-/m1/s1. The Morgan fingerprint density at radius 1 is 1.22 bits per heavy atom. The maximum Gasteiger partial charge on any atom is 0.228 e. The molecule has 0 saturated carbocycles. The Balaban J connectivity index is 1.39. The molecule has 0 radical (unpaired) electrons. The number of hydrogen-bond acceptors (Lipinski definition) is 4. The molecule has 2 aliphatic rings. The number of hydrogen-bond donors (Lipinski definition) is 0. The second kappa shape index (κ2) is 9.35. The van der Waals surface area contributed by atoms with E-state index in [-0.39, 0.29) is 23.5 Å². The van der Waals surface area contributed by atoms with E-state index in [0.717, 1.165) is 60.7 Å². The Kier molecular flexibility index (Phi) is 6.53. The Morgan fingerprint density at radius 2 is 2.03 bits per heavy atom. The summed E-state index contributed by atoms with van der Waals surface area (Å²) in [6, 6.07) is 5.14. The number of aromatic nitrogens is 2. The summed E-state index contributed by atoms with van der Waals surface area (Å²) in [6.07, 6.45) is 5.02. The van der Waals surface area contributed by atoms with Crippen LogP contribution in [0.5, 0.6) is 0 Å². The van der Waals surface area contributed by atoms with Crippen LogP contribution in [0.2, 0.25) is 0 Å². The highest BCUT2D eigenvalue weighted by Crippen LogP contribution is 2.31. The van der Waals surface area contributed by atoms with Gasteiger partial charge < -0.3 is 4.90 Å². The first kappa shape index (κ1) is 22.4. The lowest BCUT2D eigenvalue weighted by Gasteiger charge is -2.33. The van der Waals surface area contributed by atoms with E-state index in [4.69, 9.17) is 9.97 Å². The zero-order valence-corrected chi connectivity index (χ0v) is 19.2. The molecule has 7 heteroatoms. The molecule has 1 aromatic heterocycles. The normalized spacial score (nSPS) is 18.6. The Hall–Kier alpha value is -2.83. The molecule has 2 aliphatic heterocycles. The van der Waals surface area contributed by atoms with Gasteiger partial charge in [0.25, 0.3) is 0 Å². The van der Waals surface area contributed by atoms with Crippen molar-refractivity contribution in [3.05, 3.63) is 52.2 Å². The third-order valence-corrected chi connectivity index (χ3v) is 6.71. The van der Waals surface area contributed by atoms with E-state index in [0.29, 0.717) is 31.4 Å². The average Bonchev–Trinajstić information content (AvgIpc) is 2.79. The number of halogens is 1. The topological polar surface area (TPSA) is 66.4 Å². The van der Waals surface area contributed by atoms with E-state index < -0.39 is 0 Å². The van der Waals surface area contributed by atoms with E-state index in [2.05, 4.69) is 0 Å². The van der Waals surface area contributed by atoms with Crippen molar-refractivity contribution in [1.29, 1.82) is 0 Å². The third kappa shape index (κ3) is 4.66. The number of nitrogens with zero attached hydrogens (tertiary/aromatic N) is 4. The summed E-state index contributed by atoms with van der Waals surface area (Å²) in [5, 5.41) is 0. The molecule has 0 spiro atoms. The molecule has 0 N–H and O–H groups in total. The predicted octanol–water partition coefficient (Wildman–Crippen LogP) is 3.87. The van der Waals surface area contributed by atoms with E-state index in [1.807, 2.05) is 17.9 Å². The van der Waals surface area contributed by atoms with Crippen molar-refractivity contribution < 1.29 is 14.0 Å². The van der Waals surface area contributed by atoms with E-state index in [1.54, 1.807) is 24.9 Å². The minimum absolute atomic E-state index is 0.0818. The number of anilines is 1. The first-order chi connectivity index (χ1) is 15.3. The molecule has 2 amide bonds. The molecule has 2 aromatic rings. The molecule has 6 nitrogen and oxygen atoms in total. The van der Waals surface area contributed by atoms with Gasteiger partial charge in [0.15, 0.2) is 0 Å². The fourth-order valence-corrected chi connectivity index (χ4v) is 4.75. The van der Waals surface area contributed by atoms with Crippen LogP contribution in [0, 0.1) is 19.7 Å². The van der Waals surface area contributed by atoms with Gasteiger partial charge in [0, 0.05) is 50.2 Å². The van der Waals surface area contributed by atoms with Crippen molar-refractivity contribution in [2.75, 3.05) is 25.0 Å². The maximum atomic E-state index is 13.4. The molecule has 4 rings (SSSR count). The fourth-order valence-electron chi connectivity index (χ4n) is 4.75. The lowest BCUT2D eigenvalue weighted by Crippen LogP contribution is -2.40. The summed E-state index contributed by atoms with van der Waals surface area (Å²) in [7, 11) is 1.77. The number of piperidine rings is 1. The lowest BCUT2D eigenvalue weighted by molar-refractivity contribution is -0.132. The molecule has 1 atom stereocenters. The van der Waals surface area contributed by atoms with Crippen molar-refractivity contribution in [2.45, 2.75) is 64.7 Å². The Morgan fingerprint density at radius 3 is 2.81 bits per heavy atom. The van der Waals surface area contributed by atoms with Crippen LogP contribution in [0.15, 0.2) is 18.2 Å². The summed E-state index contributed by atoms with van der Waals surface area (Å²) in [5.41, 5.74) is 3.68. The highest BCUT2D eigenvalue weighted by atomic mass is 19.1. The molecule has 1 aromatic carbocycles. The van der Waals surface area contributed by atoms with Crippen LogP contribution in [0.3, 0.4) is 0 Å². The minimum Gasteiger partial charge on any atom is -0.342 e. The van der Waals surface area contributed by atoms with Crippen LogP contribution >= 0.6 is 0 Å². The molecule has 32 heavy (non-hydrogen) atoms. The van der Waals surface area contributed by atoms with Crippen molar-refractivity contribution in [3.63, 3.8) is 0 Å². The van der Waals surface area contributed by atoms with Gasteiger partial charge in [0.2, 0.25) is 11.8 Å². The third-order valence-electron chi connectivity index (χ3n) is 6.71. The van der Waals surface area contributed by atoms with Crippen LogP contribution < -0.4 is 4.90 Å². The number of rotatable bonds is 5. The molecular weight excluding hydrogens is 407 g/mol. The zero-order chi connectivity index (χ0) is 22.8. The number of benzene rings is 1. The van der Waals surface area contributed by atoms with Gasteiger partial charge in [-0.05, 0) is 63.1 Å². The first-order valence-electron chi connectivity index (χ1n) is 11.5. The molecule has 1 fully saturated rings. The van der Waals surface area contributed by atoms with E-state index in [9.17, 15) is 14.0 Å². The highest BCUT2D eigenvalue weighted by molar-refractivity contribution is 5.94. The number of carbonyl (C=O) groups is 2. The SMILES string of the molecule is Cc1cc(CCCC(=O)N2CCC[C@@H](c3nc(C)c4c(n3)N(C)C(=O)CC4)C2)ccc1F. The maximum absolute atomic E-state index is 13.4. The van der Waals surface area contributed by atoms with E-state index in [1.165, 1.54) is 6.07 Å². The van der Waals surface area contributed by atoms with Gasteiger partial charge in [-0.2, -0.15) is 0 Å². The van der Waals surface area contributed by atoms with Gasteiger partial charge in [-0.25, -0.2) is 14.4 Å². The summed E-state index contributed by atoms with van der Waals surface area (Å²) in [6.45, 7) is 5.12. The van der Waals surface area contributed by atoms with Crippen molar-refractivity contribution >= 4 is 17.6 Å². The van der Waals surface area contributed by atoms with Gasteiger partial charge in [-0.15, -0.1) is 0 Å². The molecule has 0 aliphatic carbocycles. The van der Waals surface area contributed by atoms with Crippen LogP contribution in [-0.4, -0.2) is 46.8 Å². The van der Waals surface area contributed by atoms with Gasteiger partial charge >= 0.3 is 0 Å². The lowest BCUT2D eigenvalue weighted by atomic mass is 9.95. The highest BCUT2D eigenvalue weighted by Gasteiger charge is 2.30. The fraction of sp³-hybridized carbons (Fsp3) is 0.520. The van der Waals surface area contributed by atoms with Crippen LogP contribution in [0.25, 0.3) is 0 Å². The number of fused-ring (bicyclic) bond motifs is 1. The Labute approximate surface area is 188 Å². The molecule has 3 heterocycles. The summed E-state index contributed by atoms with van der Waals surface area (Å²) < 4.78 is 13.4. The monoisotopic (exact) mass is 438 g/mol. The number of likely N-dealkylation sites (tertiary alicyclic amines) is 1. The number of amides is 2. The molecule has 0 bridgehead atoms. The van der Waals surface area contributed by atoms with E-state index >= 15 is 0 Å². The smallest absolute Gasteiger partial charge is 0.228 e. The largest absolute Gasteiger partial charge is 0.342 e. The predicted molar refractivity (Wildman–Crippen MR) is 121 cm³/mol. The van der Waals surface area contributed by atoms with Crippen molar-refractivity contribution in [3.8, 4) is 0 Å². The van der Waals surface area contributed by atoms with Gasteiger partial charge in [0.05, 0.1) is 0 Å². The molecule has 1 saturated heterocycles. The zero-order valence-electron chi connectivity index (χ0n) is 19.2. The number of carbonyl (C=O) groups excluding carboxylic acids is 2. The summed E-state index contributed by atoms with van der Waals surface area (Å²) >= 11 is 0. The second-order valence-corrected chi connectivity index (χ2v) is 9.04.